The molecule has 0 aliphatic carbocycles. The van der Waals surface area contributed by atoms with Crippen molar-refractivity contribution in [2.75, 3.05) is 0 Å². The van der Waals surface area contributed by atoms with Crippen molar-refractivity contribution >= 4 is 57.4 Å². The number of nitro benzene ring substituents is 1. The van der Waals surface area contributed by atoms with Crippen molar-refractivity contribution < 1.29 is 14.5 Å². The third-order valence-corrected chi connectivity index (χ3v) is 3.39. The van der Waals surface area contributed by atoms with E-state index in [1.165, 1.54) is 12.1 Å². The number of carbonyl (C=O) groups excluding carboxylic acids is 1. The van der Waals surface area contributed by atoms with Crippen LogP contribution in [-0.2, 0) is 9.53 Å². The minimum atomic E-state index is -1.27. The number of hydrogen-bond acceptors (Lipinski definition) is 4. The minimum Gasteiger partial charge on any atom is -0.438 e. The molecule has 0 bridgehead atoms. The molecule has 0 saturated heterocycles. The first kappa shape index (κ1) is 16.0. The largest absolute Gasteiger partial charge is 0.438 e. The average Bonchev–Trinajstić information content (AvgIpc) is 2.37. The summed E-state index contributed by atoms with van der Waals surface area (Å²) in [5.74, 6) is 1.37. The number of non-ortho nitro benzene ring substituents is 1. The van der Waals surface area contributed by atoms with E-state index in [9.17, 15) is 14.9 Å². The van der Waals surface area contributed by atoms with Crippen LogP contribution in [0.25, 0.3) is 0 Å². The molecule has 19 heavy (non-hydrogen) atoms. The molecular weight excluding hydrogens is 408 g/mol. The number of rotatable bonds is 4. The topological polar surface area (TPSA) is 69.4 Å². The van der Waals surface area contributed by atoms with Crippen LogP contribution >= 0.6 is 45.8 Å². The van der Waals surface area contributed by atoms with Crippen LogP contribution < -0.4 is 0 Å². The Morgan fingerprint density at radius 3 is 2.74 bits per heavy atom. The molecule has 0 radical (unpaired) electrons. The summed E-state index contributed by atoms with van der Waals surface area (Å²) in [5, 5.41) is 9.52. The predicted molar refractivity (Wildman–Crippen MR) is 79.4 cm³/mol. The minimum absolute atomic E-state index is 0.100. The third-order valence-electron chi connectivity index (χ3n) is 2.02. The summed E-state index contributed by atoms with van der Waals surface area (Å²) >= 11 is 13.5. The van der Waals surface area contributed by atoms with Gasteiger partial charge in [-0.15, -0.1) is 18.0 Å². The molecule has 8 heteroatoms. The second-order valence-corrected chi connectivity index (χ2v) is 5.22. The highest BCUT2D eigenvalue weighted by atomic mass is 127. The van der Waals surface area contributed by atoms with Gasteiger partial charge in [0.25, 0.3) is 5.69 Å². The van der Waals surface area contributed by atoms with E-state index in [0.717, 1.165) is 6.07 Å². The maximum absolute atomic E-state index is 11.7. The van der Waals surface area contributed by atoms with Gasteiger partial charge in [0, 0.05) is 22.7 Å². The number of esters is 1. The van der Waals surface area contributed by atoms with Gasteiger partial charge in [-0.25, -0.2) is 0 Å². The molecule has 0 aliphatic heterocycles. The Kier molecular flexibility index (Phi) is 5.85. The standard InChI is InChI=1S/C11H6Cl2INO4/c1-2-9(14)19-11(16)10(13)7-5-6(15(17)18)3-4-8(7)12/h1,3-5,9-10H. The van der Waals surface area contributed by atoms with E-state index in [1.807, 2.05) is 0 Å². The van der Waals surface area contributed by atoms with Gasteiger partial charge in [-0.05, 0) is 28.7 Å². The van der Waals surface area contributed by atoms with Gasteiger partial charge in [0.15, 0.2) is 5.38 Å². The summed E-state index contributed by atoms with van der Waals surface area (Å²) in [6, 6.07) is 3.63. The van der Waals surface area contributed by atoms with Crippen LogP contribution in [-0.4, -0.2) is 15.0 Å². The van der Waals surface area contributed by atoms with E-state index in [0.29, 0.717) is 0 Å². The van der Waals surface area contributed by atoms with Crippen LogP contribution in [0.15, 0.2) is 18.2 Å². The fourth-order valence-corrected chi connectivity index (χ4v) is 1.93. The van der Waals surface area contributed by atoms with Crippen molar-refractivity contribution in [3.63, 3.8) is 0 Å². The van der Waals surface area contributed by atoms with Crippen molar-refractivity contribution in [3.05, 3.63) is 38.9 Å². The lowest BCUT2D eigenvalue weighted by Gasteiger charge is -2.12. The number of nitro groups is 1. The Labute approximate surface area is 132 Å². The van der Waals surface area contributed by atoms with Crippen LogP contribution in [0.2, 0.25) is 5.02 Å². The van der Waals surface area contributed by atoms with Gasteiger partial charge in [-0.1, -0.05) is 17.5 Å². The fourth-order valence-electron chi connectivity index (χ4n) is 1.16. The first-order chi connectivity index (χ1) is 8.86. The Morgan fingerprint density at radius 1 is 1.58 bits per heavy atom. The third kappa shape index (κ3) is 4.23. The molecule has 2 atom stereocenters. The van der Waals surface area contributed by atoms with E-state index in [4.69, 9.17) is 34.4 Å². The van der Waals surface area contributed by atoms with Gasteiger partial charge in [-0.3, -0.25) is 14.9 Å². The molecule has 0 aromatic heterocycles. The summed E-state index contributed by atoms with van der Waals surface area (Å²) in [7, 11) is 0. The zero-order valence-corrected chi connectivity index (χ0v) is 12.8. The fraction of sp³-hybridized carbons (Fsp3) is 0.182. The molecule has 0 fully saturated rings. The number of ether oxygens (including phenoxy) is 1. The number of hydrogen-bond donors (Lipinski definition) is 0. The van der Waals surface area contributed by atoms with E-state index < -0.39 is 20.4 Å². The number of alkyl halides is 2. The van der Waals surface area contributed by atoms with Crippen LogP contribution in [0, 0.1) is 22.5 Å². The van der Waals surface area contributed by atoms with Crippen LogP contribution in [0.5, 0.6) is 0 Å². The maximum atomic E-state index is 11.7. The van der Waals surface area contributed by atoms with Crippen molar-refractivity contribution in [2.24, 2.45) is 0 Å². The molecule has 1 aromatic carbocycles. The summed E-state index contributed by atoms with van der Waals surface area (Å²) in [6.07, 6.45) is 5.06. The lowest BCUT2D eigenvalue weighted by atomic mass is 10.1. The van der Waals surface area contributed by atoms with E-state index in [-0.39, 0.29) is 16.3 Å². The summed E-state index contributed by atoms with van der Waals surface area (Å²) in [6.45, 7) is 0. The lowest BCUT2D eigenvalue weighted by Crippen LogP contribution is -2.15. The van der Waals surface area contributed by atoms with Gasteiger partial charge in [-0.2, -0.15) is 0 Å². The number of benzene rings is 1. The SMILES string of the molecule is C#CC(I)OC(=O)C(Cl)c1cc([N+](=O)[O-])ccc1Cl. The molecule has 0 spiro atoms. The van der Waals surface area contributed by atoms with Gasteiger partial charge in [0.05, 0.1) is 4.92 Å². The van der Waals surface area contributed by atoms with Gasteiger partial charge < -0.3 is 4.74 Å². The number of terminal acetylenes is 1. The molecule has 100 valence electrons. The molecule has 0 amide bonds. The number of carbonyl (C=O) groups is 1. The summed E-state index contributed by atoms with van der Waals surface area (Å²) < 4.78 is 4.05. The second-order valence-electron chi connectivity index (χ2n) is 3.25. The van der Waals surface area contributed by atoms with Gasteiger partial charge >= 0.3 is 5.97 Å². The van der Waals surface area contributed by atoms with Crippen molar-refractivity contribution in [3.8, 4) is 12.3 Å². The molecule has 0 aliphatic rings. The first-order valence-corrected chi connectivity index (χ1v) is 6.81. The normalized spacial score (nSPS) is 13.2. The summed E-state index contributed by atoms with van der Waals surface area (Å²) in [5.41, 5.74) is -0.121. The van der Waals surface area contributed by atoms with Crippen molar-refractivity contribution in [1.29, 1.82) is 0 Å². The van der Waals surface area contributed by atoms with Crippen molar-refractivity contribution in [1.82, 2.24) is 0 Å². The van der Waals surface area contributed by atoms with E-state index >= 15 is 0 Å². The molecule has 1 rings (SSSR count). The molecule has 0 heterocycles. The zero-order chi connectivity index (χ0) is 14.6. The van der Waals surface area contributed by atoms with Gasteiger partial charge in [0.1, 0.15) is 0 Å². The lowest BCUT2D eigenvalue weighted by molar-refractivity contribution is -0.384. The Bertz CT molecular complexity index is 558. The highest BCUT2D eigenvalue weighted by Gasteiger charge is 2.25. The monoisotopic (exact) mass is 413 g/mol. The van der Waals surface area contributed by atoms with E-state index in [2.05, 4.69) is 5.92 Å². The van der Waals surface area contributed by atoms with Crippen LogP contribution in [0.3, 0.4) is 0 Å². The van der Waals surface area contributed by atoms with Crippen LogP contribution in [0.1, 0.15) is 10.9 Å². The maximum Gasteiger partial charge on any atom is 0.330 e. The smallest absolute Gasteiger partial charge is 0.330 e. The highest BCUT2D eigenvalue weighted by Crippen LogP contribution is 2.32. The summed E-state index contributed by atoms with van der Waals surface area (Å²) in [4.78, 5) is 21.7. The predicted octanol–water partition coefficient (Wildman–Crippen LogP) is 3.47. The van der Waals surface area contributed by atoms with Crippen LogP contribution in [0.4, 0.5) is 5.69 Å². The molecule has 0 N–H and O–H groups in total. The number of nitrogens with zero attached hydrogens (tertiary/aromatic N) is 1. The Hall–Kier alpha value is -1.04. The van der Waals surface area contributed by atoms with Crippen molar-refractivity contribution in [2.45, 2.75) is 9.49 Å². The quantitative estimate of drug-likeness (QED) is 0.189. The molecule has 5 nitrogen and oxygen atoms in total. The van der Waals surface area contributed by atoms with E-state index in [1.54, 1.807) is 22.6 Å². The molecule has 0 saturated carbocycles. The highest BCUT2D eigenvalue weighted by molar-refractivity contribution is 14.1. The first-order valence-electron chi connectivity index (χ1n) is 4.75. The Balaban J connectivity index is 3.02. The molecule has 2 unspecified atom stereocenters. The second kappa shape index (κ2) is 6.93. The number of halogens is 3. The molecular formula is C11H6Cl2INO4. The molecule has 1 aromatic rings. The average molecular weight is 414 g/mol. The Morgan fingerprint density at radius 2 is 2.21 bits per heavy atom. The van der Waals surface area contributed by atoms with Gasteiger partial charge in [0.2, 0.25) is 4.11 Å². The zero-order valence-electron chi connectivity index (χ0n) is 9.18.